The molecule has 2 unspecified atom stereocenters. The number of nitrogens with one attached hydrogen (secondary N) is 1. The van der Waals surface area contributed by atoms with Crippen LogP contribution < -0.4 is 14.4 Å². The van der Waals surface area contributed by atoms with Gasteiger partial charge in [-0.25, -0.2) is 13.7 Å². The molecule has 7 rings (SSSR count). The third-order valence-corrected chi connectivity index (χ3v) is 12.5. The lowest BCUT2D eigenvalue weighted by Crippen LogP contribution is -2.47. The van der Waals surface area contributed by atoms with E-state index in [-0.39, 0.29) is 29.3 Å². The van der Waals surface area contributed by atoms with Crippen molar-refractivity contribution in [3.05, 3.63) is 70.3 Å². The van der Waals surface area contributed by atoms with Crippen LogP contribution in [0.5, 0.6) is 5.75 Å². The minimum Gasteiger partial charge on any atom is -0.490 e. The molecule has 45 heavy (non-hydrogen) atoms. The van der Waals surface area contributed by atoms with Crippen LogP contribution in [0.4, 0.5) is 10.5 Å². The molecule has 2 heterocycles. The van der Waals surface area contributed by atoms with Crippen molar-refractivity contribution in [1.82, 2.24) is 4.72 Å². The average molecular weight is 654 g/mol. The average Bonchev–Trinajstić information content (AvgIpc) is 3.89. The predicted octanol–water partition coefficient (Wildman–Crippen LogP) is 6.08. The number of carbonyl (C=O) groups excluding carboxylic acids is 2. The zero-order valence-corrected chi connectivity index (χ0v) is 27.3. The van der Waals surface area contributed by atoms with Crippen LogP contribution in [0, 0.1) is 17.3 Å². The quantitative estimate of drug-likeness (QED) is 0.400. The van der Waals surface area contributed by atoms with Gasteiger partial charge < -0.3 is 19.1 Å². The Morgan fingerprint density at radius 3 is 2.89 bits per heavy atom. The Hall–Kier alpha value is -3.08. The van der Waals surface area contributed by atoms with Gasteiger partial charge in [0.2, 0.25) is 0 Å². The Labute approximate surface area is 269 Å². The van der Waals surface area contributed by atoms with Crippen LogP contribution >= 0.6 is 11.6 Å². The second-order valence-electron chi connectivity index (χ2n) is 13.2. The van der Waals surface area contributed by atoms with Gasteiger partial charge >= 0.3 is 6.09 Å². The summed E-state index contributed by atoms with van der Waals surface area (Å²) >= 11 is 6.42. The Balaban J connectivity index is 1.31. The van der Waals surface area contributed by atoms with E-state index < -0.39 is 21.9 Å². The molecule has 0 saturated heterocycles. The Bertz CT molecular complexity index is 1690. The summed E-state index contributed by atoms with van der Waals surface area (Å²) in [5.74, 6) is 1.09. The van der Waals surface area contributed by atoms with Crippen molar-refractivity contribution in [1.29, 1.82) is 0 Å². The number of rotatable bonds is 3. The highest BCUT2D eigenvalue weighted by Gasteiger charge is 2.80. The van der Waals surface area contributed by atoms with Crippen molar-refractivity contribution in [3.63, 3.8) is 0 Å². The number of halogens is 1. The van der Waals surface area contributed by atoms with Gasteiger partial charge in [0.15, 0.2) is 0 Å². The second kappa shape index (κ2) is 11.6. The molecule has 2 aliphatic heterocycles. The van der Waals surface area contributed by atoms with Crippen LogP contribution in [0.2, 0.25) is 5.02 Å². The van der Waals surface area contributed by atoms with E-state index in [1.54, 1.807) is 20.1 Å². The number of allylic oxidation sites excluding steroid dienone is 1. The molecule has 11 heteroatoms. The van der Waals surface area contributed by atoms with Crippen LogP contribution in [-0.4, -0.2) is 61.5 Å². The van der Waals surface area contributed by atoms with E-state index in [9.17, 15) is 13.8 Å². The largest absolute Gasteiger partial charge is 0.490 e. The number of hydrogen-bond acceptors (Lipinski definition) is 7. The fraction of sp³-hybridized carbons (Fsp3) is 0.529. The molecule has 9 nitrogen and oxygen atoms in total. The SMILES string of the molecule is CCOC(=O)NS1(=O)=NC(=O)c2ccc3c(c2)N(C[C@@]2(CCCc4cc(Cl)ccc42)CO3)C[C@]23CC2[C@H]3[C@@H](OC)/C=C/CCC1. The lowest BCUT2D eigenvalue weighted by Gasteiger charge is -2.41. The van der Waals surface area contributed by atoms with E-state index in [1.807, 2.05) is 18.2 Å². The summed E-state index contributed by atoms with van der Waals surface area (Å²) in [5, 5.41) is 0.744. The van der Waals surface area contributed by atoms with Crippen molar-refractivity contribution in [2.45, 2.75) is 57.0 Å². The van der Waals surface area contributed by atoms with Crippen LogP contribution in [0.3, 0.4) is 0 Å². The number of nitrogens with zero attached hydrogens (tertiary/aromatic N) is 2. The molecule has 3 aliphatic carbocycles. The normalized spacial score (nSPS) is 34.2. The maximum absolute atomic E-state index is 13.8. The molecule has 5 aliphatic rings. The predicted molar refractivity (Wildman–Crippen MR) is 173 cm³/mol. The first-order chi connectivity index (χ1) is 21.7. The van der Waals surface area contributed by atoms with Crippen molar-refractivity contribution < 1.29 is 28.0 Å². The maximum atomic E-state index is 13.8. The summed E-state index contributed by atoms with van der Waals surface area (Å²) in [6.45, 7) is 3.85. The van der Waals surface area contributed by atoms with Crippen LogP contribution in [0.15, 0.2) is 52.9 Å². The minimum atomic E-state index is -3.43. The maximum Gasteiger partial charge on any atom is 0.419 e. The highest BCUT2D eigenvalue weighted by Crippen LogP contribution is 2.81. The molecular formula is C34H40ClN3O6S. The number of carbonyl (C=O) groups is 2. The Morgan fingerprint density at radius 1 is 1.22 bits per heavy atom. The molecule has 0 aromatic heterocycles. The van der Waals surface area contributed by atoms with Crippen molar-refractivity contribution in [2.24, 2.45) is 21.6 Å². The zero-order valence-electron chi connectivity index (χ0n) is 25.8. The van der Waals surface area contributed by atoms with Crippen molar-refractivity contribution >= 4 is 39.2 Å². The van der Waals surface area contributed by atoms with Crippen LogP contribution in [0.1, 0.15) is 60.5 Å². The molecular weight excluding hydrogens is 614 g/mol. The van der Waals surface area contributed by atoms with Gasteiger partial charge in [0.1, 0.15) is 15.7 Å². The minimum absolute atomic E-state index is 0.00882. The molecule has 2 aromatic rings. The molecule has 6 atom stereocenters. The first-order valence-corrected chi connectivity index (χ1v) is 18.0. The van der Waals surface area contributed by atoms with Gasteiger partial charge in [-0.05, 0) is 104 Å². The summed E-state index contributed by atoms with van der Waals surface area (Å²) < 4.78 is 37.9. The fourth-order valence-electron chi connectivity index (χ4n) is 8.06. The van der Waals surface area contributed by atoms with Gasteiger partial charge in [-0.1, -0.05) is 29.8 Å². The summed E-state index contributed by atoms with van der Waals surface area (Å²) in [6.07, 6.45) is 8.56. The zero-order chi connectivity index (χ0) is 31.4. The number of fused-ring (bicyclic) bond motifs is 4. The first kappa shape index (κ1) is 30.6. The molecule has 2 saturated carbocycles. The van der Waals surface area contributed by atoms with E-state index in [4.69, 9.17) is 25.8 Å². The molecule has 2 amide bonds. The van der Waals surface area contributed by atoms with Gasteiger partial charge in [0.25, 0.3) is 5.91 Å². The number of amides is 2. The smallest absolute Gasteiger partial charge is 0.419 e. The summed E-state index contributed by atoms with van der Waals surface area (Å²) in [5.41, 5.74) is 3.60. The number of methoxy groups -OCH3 is 1. The van der Waals surface area contributed by atoms with E-state index in [0.717, 1.165) is 49.5 Å². The van der Waals surface area contributed by atoms with Gasteiger partial charge in [-0.15, -0.1) is 4.36 Å². The van der Waals surface area contributed by atoms with E-state index in [1.165, 1.54) is 11.1 Å². The highest BCUT2D eigenvalue weighted by molar-refractivity contribution is 7.92. The monoisotopic (exact) mass is 653 g/mol. The number of anilines is 1. The van der Waals surface area contributed by atoms with E-state index in [0.29, 0.717) is 42.6 Å². The summed E-state index contributed by atoms with van der Waals surface area (Å²) in [4.78, 5) is 28.3. The Kier molecular flexibility index (Phi) is 7.89. The molecule has 0 radical (unpaired) electrons. The molecule has 2 aromatic carbocycles. The Morgan fingerprint density at radius 2 is 2.09 bits per heavy atom. The van der Waals surface area contributed by atoms with Crippen LogP contribution in [0.25, 0.3) is 0 Å². The van der Waals surface area contributed by atoms with Crippen molar-refractivity contribution in [3.8, 4) is 5.75 Å². The highest BCUT2D eigenvalue weighted by atomic mass is 35.5. The van der Waals surface area contributed by atoms with Crippen LogP contribution in [-0.2, 0) is 31.2 Å². The first-order valence-electron chi connectivity index (χ1n) is 15.9. The second-order valence-corrected chi connectivity index (χ2v) is 15.7. The van der Waals surface area contributed by atoms with E-state index in [2.05, 4.69) is 38.3 Å². The molecule has 2 bridgehead atoms. The summed E-state index contributed by atoms with van der Waals surface area (Å²) in [6, 6.07) is 11.5. The summed E-state index contributed by atoms with van der Waals surface area (Å²) in [7, 11) is -1.67. The lowest BCUT2D eigenvalue weighted by atomic mass is 9.70. The van der Waals surface area contributed by atoms with Gasteiger partial charge in [-0.3, -0.25) is 4.79 Å². The van der Waals surface area contributed by atoms with Gasteiger partial charge in [-0.2, -0.15) is 0 Å². The van der Waals surface area contributed by atoms with Crippen molar-refractivity contribution in [2.75, 3.05) is 44.1 Å². The number of aryl methyl sites for hydroxylation is 1. The third kappa shape index (κ3) is 5.63. The lowest BCUT2D eigenvalue weighted by molar-refractivity contribution is 0.0964. The number of benzene rings is 2. The molecule has 240 valence electrons. The molecule has 2 fully saturated rings. The number of ether oxygens (including phenoxy) is 3. The fourth-order valence-corrected chi connectivity index (χ4v) is 9.74. The topological polar surface area (TPSA) is 107 Å². The molecule has 1 N–H and O–H groups in total. The van der Waals surface area contributed by atoms with E-state index >= 15 is 0 Å². The molecule has 2 spiro atoms. The number of hydrogen-bond donors (Lipinski definition) is 1. The third-order valence-electron chi connectivity index (χ3n) is 10.4. The van der Waals surface area contributed by atoms with Gasteiger partial charge in [0, 0.05) is 36.2 Å². The standard InChI is InChI=1S/C34H40ClN3O6S/c1-3-43-32(40)37-45(41)15-6-4-5-9-29(42-2)30-26-18-34(26,30)20-38-19-33(14-7-8-22-16-24(35)11-12-25(22)33)21-44-28-13-10-23(17-27(28)38)31(39)36-45/h5,9-13,16-17,26,29-30H,3-4,6-8,14-15,18-21H2,1-2H3,(H,36,37,39,40,41)/b9-5+/t26?,29-,30-,33-,34+,45?/m0/s1. The van der Waals surface area contributed by atoms with Gasteiger partial charge in [0.05, 0.1) is 30.8 Å².